The van der Waals surface area contributed by atoms with Gasteiger partial charge in [0.25, 0.3) is 0 Å². The van der Waals surface area contributed by atoms with Crippen LogP contribution in [-0.4, -0.2) is 12.2 Å². The molecule has 0 aliphatic heterocycles. The highest BCUT2D eigenvalue weighted by atomic mass is 32.2. The molecule has 2 nitrogen and oxygen atoms in total. The Hall–Kier alpha value is -1.81. The van der Waals surface area contributed by atoms with Gasteiger partial charge in [-0.15, -0.1) is 11.8 Å². The van der Waals surface area contributed by atoms with Gasteiger partial charge in [0.15, 0.2) is 0 Å². The highest BCUT2D eigenvalue weighted by Crippen LogP contribution is 2.19. The number of benzene rings is 2. The van der Waals surface area contributed by atoms with Crippen molar-refractivity contribution in [3.63, 3.8) is 0 Å². The van der Waals surface area contributed by atoms with Crippen molar-refractivity contribution in [2.75, 3.05) is 11.6 Å². The molecular formula is C15H14FNOS. The summed E-state index contributed by atoms with van der Waals surface area (Å²) in [5.74, 6) is -0.474. The van der Waals surface area contributed by atoms with Crippen molar-refractivity contribution in [3.05, 3.63) is 59.9 Å². The molecule has 0 bridgehead atoms. The third-order valence-corrected chi connectivity index (χ3v) is 3.33. The SMILES string of the molecule is CSc1cccc(NC(=O)Cc2cccc(F)c2)c1. The molecule has 2 aromatic carbocycles. The molecule has 0 aliphatic rings. The first kappa shape index (κ1) is 13.6. The number of rotatable bonds is 4. The molecule has 1 N–H and O–H groups in total. The first-order valence-electron chi connectivity index (χ1n) is 5.86. The Bertz CT molecular complexity index is 586. The molecular weight excluding hydrogens is 261 g/mol. The molecule has 4 heteroatoms. The standard InChI is InChI=1S/C15H14FNOS/c1-19-14-7-3-6-13(10-14)17-15(18)9-11-4-2-5-12(16)8-11/h2-8,10H,9H2,1H3,(H,17,18). The zero-order valence-corrected chi connectivity index (χ0v) is 11.3. The van der Waals surface area contributed by atoms with Crippen molar-refractivity contribution in [2.45, 2.75) is 11.3 Å². The first-order valence-corrected chi connectivity index (χ1v) is 7.08. The average molecular weight is 275 g/mol. The summed E-state index contributed by atoms with van der Waals surface area (Å²) in [7, 11) is 0. The van der Waals surface area contributed by atoms with Gasteiger partial charge in [-0.25, -0.2) is 4.39 Å². The molecule has 0 atom stereocenters. The summed E-state index contributed by atoms with van der Waals surface area (Å²) < 4.78 is 13.0. The van der Waals surface area contributed by atoms with Gasteiger partial charge in [0.05, 0.1) is 6.42 Å². The van der Waals surface area contributed by atoms with Crippen molar-refractivity contribution in [3.8, 4) is 0 Å². The van der Waals surface area contributed by atoms with Gasteiger partial charge in [0.1, 0.15) is 5.82 Å². The lowest BCUT2D eigenvalue weighted by Crippen LogP contribution is -2.14. The molecule has 0 radical (unpaired) electrons. The van der Waals surface area contributed by atoms with E-state index in [9.17, 15) is 9.18 Å². The largest absolute Gasteiger partial charge is 0.326 e. The molecule has 0 spiro atoms. The normalized spacial score (nSPS) is 10.2. The minimum absolute atomic E-state index is 0.149. The van der Waals surface area contributed by atoms with Crippen LogP contribution in [0.4, 0.5) is 10.1 Å². The van der Waals surface area contributed by atoms with Crippen LogP contribution in [0.5, 0.6) is 0 Å². The highest BCUT2D eigenvalue weighted by Gasteiger charge is 2.05. The molecule has 0 unspecified atom stereocenters. The fraction of sp³-hybridized carbons (Fsp3) is 0.133. The van der Waals surface area contributed by atoms with Crippen LogP contribution < -0.4 is 5.32 Å². The van der Waals surface area contributed by atoms with Gasteiger partial charge >= 0.3 is 0 Å². The van der Waals surface area contributed by atoms with E-state index in [0.717, 1.165) is 10.6 Å². The van der Waals surface area contributed by atoms with Crippen LogP contribution >= 0.6 is 11.8 Å². The van der Waals surface area contributed by atoms with Crippen LogP contribution in [0.25, 0.3) is 0 Å². The smallest absolute Gasteiger partial charge is 0.228 e. The Balaban J connectivity index is 2.01. The summed E-state index contributed by atoms with van der Waals surface area (Å²) in [5.41, 5.74) is 1.42. The lowest BCUT2D eigenvalue weighted by Gasteiger charge is -2.06. The predicted octanol–water partition coefficient (Wildman–Crippen LogP) is 3.73. The minimum atomic E-state index is -0.324. The zero-order valence-electron chi connectivity index (χ0n) is 10.5. The van der Waals surface area contributed by atoms with E-state index in [-0.39, 0.29) is 18.1 Å². The number of hydrogen-bond donors (Lipinski definition) is 1. The first-order chi connectivity index (χ1) is 9.17. The summed E-state index contributed by atoms with van der Waals surface area (Å²) in [5, 5.41) is 2.81. The van der Waals surface area contributed by atoms with E-state index in [4.69, 9.17) is 0 Å². The molecule has 2 aromatic rings. The van der Waals surface area contributed by atoms with E-state index < -0.39 is 0 Å². The van der Waals surface area contributed by atoms with Crippen molar-refractivity contribution in [1.29, 1.82) is 0 Å². The molecule has 19 heavy (non-hydrogen) atoms. The molecule has 0 aromatic heterocycles. The van der Waals surface area contributed by atoms with Crippen LogP contribution in [0.3, 0.4) is 0 Å². The molecule has 2 rings (SSSR count). The number of halogens is 1. The second kappa shape index (κ2) is 6.38. The number of thioether (sulfide) groups is 1. The van der Waals surface area contributed by atoms with E-state index in [0.29, 0.717) is 5.56 Å². The maximum absolute atomic E-state index is 13.0. The summed E-state index contributed by atoms with van der Waals surface area (Å²) in [4.78, 5) is 12.9. The van der Waals surface area contributed by atoms with Crippen molar-refractivity contribution >= 4 is 23.4 Å². The van der Waals surface area contributed by atoms with E-state index in [1.165, 1.54) is 12.1 Å². The molecule has 1 amide bonds. The van der Waals surface area contributed by atoms with Gasteiger partial charge < -0.3 is 5.32 Å². The van der Waals surface area contributed by atoms with E-state index >= 15 is 0 Å². The van der Waals surface area contributed by atoms with Gasteiger partial charge in [-0.05, 0) is 42.2 Å². The van der Waals surface area contributed by atoms with Crippen molar-refractivity contribution < 1.29 is 9.18 Å². The summed E-state index contributed by atoms with van der Waals surface area (Å²) in [6.45, 7) is 0. The van der Waals surface area contributed by atoms with E-state index in [1.807, 2.05) is 30.5 Å². The fourth-order valence-electron chi connectivity index (χ4n) is 1.74. The van der Waals surface area contributed by atoms with Gasteiger partial charge in [-0.1, -0.05) is 18.2 Å². The van der Waals surface area contributed by atoms with Crippen LogP contribution in [-0.2, 0) is 11.2 Å². The number of anilines is 1. The van der Waals surface area contributed by atoms with Gasteiger partial charge in [-0.2, -0.15) is 0 Å². The van der Waals surface area contributed by atoms with Crippen LogP contribution in [0.2, 0.25) is 0 Å². The quantitative estimate of drug-likeness (QED) is 0.861. The Kier molecular flexibility index (Phi) is 4.58. The van der Waals surface area contributed by atoms with Crippen LogP contribution in [0.1, 0.15) is 5.56 Å². The zero-order chi connectivity index (χ0) is 13.7. The molecule has 0 saturated heterocycles. The lowest BCUT2D eigenvalue weighted by molar-refractivity contribution is -0.115. The van der Waals surface area contributed by atoms with Crippen LogP contribution in [0.15, 0.2) is 53.4 Å². The molecule has 0 heterocycles. The van der Waals surface area contributed by atoms with E-state index in [2.05, 4.69) is 5.32 Å². The van der Waals surface area contributed by atoms with Gasteiger partial charge in [0, 0.05) is 10.6 Å². The number of hydrogen-bond acceptors (Lipinski definition) is 2. The highest BCUT2D eigenvalue weighted by molar-refractivity contribution is 7.98. The van der Waals surface area contributed by atoms with Crippen molar-refractivity contribution in [2.24, 2.45) is 0 Å². The Labute approximate surface area is 116 Å². The summed E-state index contributed by atoms with van der Waals surface area (Å²) >= 11 is 1.62. The Morgan fingerprint density at radius 2 is 2.00 bits per heavy atom. The number of amides is 1. The summed E-state index contributed by atoms with van der Waals surface area (Å²) in [6, 6.07) is 13.7. The summed E-state index contributed by atoms with van der Waals surface area (Å²) in [6.07, 6.45) is 2.15. The number of carbonyl (C=O) groups is 1. The molecule has 98 valence electrons. The number of carbonyl (C=O) groups excluding carboxylic acids is 1. The number of nitrogens with one attached hydrogen (secondary N) is 1. The Morgan fingerprint density at radius 1 is 1.21 bits per heavy atom. The predicted molar refractivity (Wildman–Crippen MR) is 77.0 cm³/mol. The van der Waals surface area contributed by atoms with Crippen LogP contribution in [0, 0.1) is 5.82 Å². The molecule has 0 aliphatic carbocycles. The molecule has 0 fully saturated rings. The van der Waals surface area contributed by atoms with Gasteiger partial charge in [-0.3, -0.25) is 4.79 Å². The topological polar surface area (TPSA) is 29.1 Å². The lowest BCUT2D eigenvalue weighted by atomic mass is 10.1. The minimum Gasteiger partial charge on any atom is -0.326 e. The third kappa shape index (κ3) is 4.10. The maximum Gasteiger partial charge on any atom is 0.228 e. The fourth-order valence-corrected chi connectivity index (χ4v) is 2.20. The second-order valence-electron chi connectivity index (χ2n) is 4.09. The molecule has 0 saturated carbocycles. The maximum atomic E-state index is 13.0. The monoisotopic (exact) mass is 275 g/mol. The van der Waals surface area contributed by atoms with Gasteiger partial charge in [0.2, 0.25) is 5.91 Å². The second-order valence-corrected chi connectivity index (χ2v) is 4.97. The van der Waals surface area contributed by atoms with Crippen molar-refractivity contribution in [1.82, 2.24) is 0 Å². The van der Waals surface area contributed by atoms with E-state index in [1.54, 1.807) is 23.9 Å². The Morgan fingerprint density at radius 3 is 2.74 bits per heavy atom. The average Bonchev–Trinajstić information content (AvgIpc) is 2.38. The third-order valence-electron chi connectivity index (χ3n) is 2.61.